The number of allylic oxidation sites excluding steroid dienone is 2. The Bertz CT molecular complexity index is 883. The van der Waals surface area contributed by atoms with Gasteiger partial charge in [0.1, 0.15) is 20.1 Å². The molecule has 4 amide bonds. The van der Waals surface area contributed by atoms with Crippen molar-refractivity contribution in [2.75, 3.05) is 0 Å². The molecule has 0 aromatic heterocycles. The van der Waals surface area contributed by atoms with Crippen molar-refractivity contribution in [1.82, 2.24) is 10.0 Å². The zero-order valence-corrected chi connectivity index (χ0v) is 15.5. The van der Waals surface area contributed by atoms with Crippen LogP contribution in [0.15, 0.2) is 42.5 Å². The topological polar surface area (TPSA) is 99.5 Å². The van der Waals surface area contributed by atoms with E-state index in [1.165, 1.54) is 0 Å². The molecular formula is C14H6Cl4N4O4. The highest BCUT2D eigenvalue weighted by molar-refractivity contribution is 6.58. The van der Waals surface area contributed by atoms with Gasteiger partial charge in [0, 0.05) is 18.6 Å². The second kappa shape index (κ2) is 6.96. The van der Waals surface area contributed by atoms with E-state index in [0.29, 0.717) is 22.2 Å². The van der Waals surface area contributed by atoms with Crippen LogP contribution in [-0.4, -0.2) is 45.1 Å². The van der Waals surface area contributed by atoms with Crippen LogP contribution in [0.3, 0.4) is 0 Å². The highest BCUT2D eigenvalue weighted by Crippen LogP contribution is 2.28. The Morgan fingerprint density at radius 1 is 0.731 bits per heavy atom. The maximum atomic E-state index is 11.9. The second-order valence-electron chi connectivity index (χ2n) is 5.14. The van der Waals surface area contributed by atoms with E-state index in [2.05, 4.69) is 10.2 Å². The number of halogens is 4. The van der Waals surface area contributed by atoms with Crippen molar-refractivity contribution < 1.29 is 19.2 Å². The van der Waals surface area contributed by atoms with E-state index in [-0.39, 0.29) is 12.1 Å². The average Bonchev–Trinajstić information content (AvgIpc) is 2.92. The Hall–Kier alpha value is -2.00. The fourth-order valence-electron chi connectivity index (χ4n) is 2.20. The molecule has 0 saturated heterocycles. The van der Waals surface area contributed by atoms with Crippen molar-refractivity contribution in [2.45, 2.75) is 12.8 Å². The number of carbonyl (C=O) groups excluding carboxylic acids is 4. The van der Waals surface area contributed by atoms with E-state index in [1.54, 1.807) is 12.2 Å². The highest BCUT2D eigenvalue weighted by atomic mass is 35.5. The zero-order chi connectivity index (χ0) is 19.2. The predicted molar refractivity (Wildman–Crippen MR) is 94.4 cm³/mol. The number of carbonyl (C=O) groups is 4. The van der Waals surface area contributed by atoms with Gasteiger partial charge in [-0.25, -0.2) is 0 Å². The van der Waals surface area contributed by atoms with Crippen molar-refractivity contribution in [1.29, 1.82) is 0 Å². The van der Waals surface area contributed by atoms with Gasteiger partial charge >= 0.3 is 0 Å². The maximum Gasteiger partial charge on any atom is 0.294 e. The number of imide groups is 2. The second-order valence-corrected chi connectivity index (χ2v) is 6.65. The molecular weight excluding hydrogens is 430 g/mol. The van der Waals surface area contributed by atoms with E-state index >= 15 is 0 Å². The minimum Gasteiger partial charge on any atom is -0.266 e. The minimum absolute atomic E-state index is 0.0646. The lowest BCUT2D eigenvalue weighted by Crippen LogP contribution is -2.30. The molecule has 3 aliphatic rings. The zero-order valence-electron chi connectivity index (χ0n) is 12.5. The molecule has 134 valence electrons. The molecule has 0 aromatic carbocycles. The Labute approximate surface area is 166 Å². The van der Waals surface area contributed by atoms with Crippen LogP contribution < -0.4 is 0 Å². The smallest absolute Gasteiger partial charge is 0.266 e. The van der Waals surface area contributed by atoms with Gasteiger partial charge in [-0.2, -0.15) is 20.2 Å². The van der Waals surface area contributed by atoms with Crippen LogP contribution in [0.1, 0.15) is 12.8 Å². The molecule has 1 aliphatic carbocycles. The molecule has 0 radical (unpaired) electrons. The van der Waals surface area contributed by atoms with Crippen molar-refractivity contribution >= 4 is 81.5 Å². The summed E-state index contributed by atoms with van der Waals surface area (Å²) >= 11 is 22.5. The Balaban J connectivity index is 1.81. The number of amides is 4. The lowest BCUT2D eigenvalue weighted by molar-refractivity contribution is -0.138. The molecule has 0 fully saturated rings. The quantitative estimate of drug-likeness (QED) is 0.620. The first kappa shape index (κ1) is 18.8. The van der Waals surface area contributed by atoms with Crippen molar-refractivity contribution in [2.24, 2.45) is 10.2 Å². The van der Waals surface area contributed by atoms with Gasteiger partial charge in [-0.15, -0.1) is 0 Å². The summed E-state index contributed by atoms with van der Waals surface area (Å²) in [6.45, 7) is 0. The molecule has 12 heteroatoms. The van der Waals surface area contributed by atoms with Crippen LogP contribution in [-0.2, 0) is 19.2 Å². The first-order chi connectivity index (χ1) is 12.2. The summed E-state index contributed by atoms with van der Waals surface area (Å²) in [7, 11) is 0. The summed E-state index contributed by atoms with van der Waals surface area (Å²) in [5, 5.41) is 7.29. The molecule has 0 N–H and O–H groups in total. The average molecular weight is 436 g/mol. The standard InChI is InChI=1S/C14H6Cl4N4O4/c15-7-8(16)12(24)21(11(7)23)19-5-2-1-3-6(4-5)20-22-13(25)9(17)10(18)14(22)26/h1-2H,3-4H2. The number of nitrogens with zero attached hydrogens (tertiary/aromatic N) is 4. The Morgan fingerprint density at radius 2 is 1.15 bits per heavy atom. The van der Waals surface area contributed by atoms with Crippen LogP contribution >= 0.6 is 46.4 Å². The number of hydrogen-bond acceptors (Lipinski definition) is 6. The molecule has 0 saturated carbocycles. The van der Waals surface area contributed by atoms with E-state index in [4.69, 9.17) is 46.4 Å². The van der Waals surface area contributed by atoms with Crippen LogP contribution in [0.5, 0.6) is 0 Å². The lowest BCUT2D eigenvalue weighted by Gasteiger charge is -2.15. The van der Waals surface area contributed by atoms with Gasteiger partial charge in [0.05, 0.1) is 5.71 Å². The van der Waals surface area contributed by atoms with Crippen molar-refractivity contribution in [3.63, 3.8) is 0 Å². The summed E-state index contributed by atoms with van der Waals surface area (Å²) in [6, 6.07) is 0. The highest BCUT2D eigenvalue weighted by Gasteiger charge is 2.38. The van der Waals surface area contributed by atoms with Gasteiger partial charge < -0.3 is 0 Å². The van der Waals surface area contributed by atoms with Crippen LogP contribution in [0.2, 0.25) is 0 Å². The van der Waals surface area contributed by atoms with E-state index in [0.717, 1.165) is 0 Å². The predicted octanol–water partition coefficient (Wildman–Crippen LogP) is 2.16. The first-order valence-corrected chi connectivity index (χ1v) is 8.42. The molecule has 0 atom stereocenters. The third-order valence-corrected chi connectivity index (χ3v) is 5.02. The molecule has 0 spiro atoms. The van der Waals surface area contributed by atoms with Crippen molar-refractivity contribution in [3.05, 3.63) is 32.3 Å². The van der Waals surface area contributed by atoms with Crippen LogP contribution in [0.25, 0.3) is 0 Å². The summed E-state index contributed by atoms with van der Waals surface area (Å²) in [4.78, 5) is 47.4. The summed E-state index contributed by atoms with van der Waals surface area (Å²) in [6.07, 6.45) is 3.57. The molecule has 0 aromatic rings. The fourth-order valence-corrected chi connectivity index (χ4v) is 2.84. The van der Waals surface area contributed by atoms with Crippen molar-refractivity contribution in [3.8, 4) is 0 Å². The largest absolute Gasteiger partial charge is 0.294 e. The number of hydrazone groups is 2. The number of rotatable bonds is 2. The molecule has 8 nitrogen and oxygen atoms in total. The van der Waals surface area contributed by atoms with Gasteiger partial charge in [-0.05, 0) is 6.08 Å². The molecule has 2 heterocycles. The van der Waals surface area contributed by atoms with Gasteiger partial charge in [0.15, 0.2) is 0 Å². The van der Waals surface area contributed by atoms with Gasteiger partial charge in [-0.1, -0.05) is 52.5 Å². The summed E-state index contributed by atoms with van der Waals surface area (Å²) < 4.78 is 0. The van der Waals surface area contributed by atoms with E-state index in [9.17, 15) is 19.2 Å². The molecule has 26 heavy (non-hydrogen) atoms. The normalized spacial score (nSPS) is 24.5. The van der Waals surface area contributed by atoms with E-state index < -0.39 is 43.8 Å². The molecule has 3 rings (SSSR count). The molecule has 0 bridgehead atoms. The Kier molecular flexibility index (Phi) is 5.03. The summed E-state index contributed by atoms with van der Waals surface area (Å²) in [5.41, 5.74) is 0.643. The summed E-state index contributed by atoms with van der Waals surface area (Å²) in [5.74, 6) is -3.37. The van der Waals surface area contributed by atoms with Crippen LogP contribution in [0.4, 0.5) is 0 Å². The van der Waals surface area contributed by atoms with Crippen LogP contribution in [0, 0.1) is 0 Å². The van der Waals surface area contributed by atoms with Gasteiger partial charge in [0.2, 0.25) is 0 Å². The SMILES string of the molecule is O=C1C(Cl)=C(Cl)C(=O)N1N=C1C=CCC(=NN2C(=O)C(Cl)=C(Cl)C2=O)C1. The maximum absolute atomic E-state index is 11.9. The fraction of sp³-hybridized carbons (Fsp3) is 0.143. The monoisotopic (exact) mass is 434 g/mol. The third kappa shape index (κ3) is 3.09. The third-order valence-electron chi connectivity index (χ3n) is 3.42. The molecule has 0 unspecified atom stereocenters. The first-order valence-electron chi connectivity index (χ1n) is 6.90. The van der Waals surface area contributed by atoms with E-state index in [1.807, 2.05) is 0 Å². The minimum atomic E-state index is -0.848. The molecule has 2 aliphatic heterocycles. The van der Waals surface area contributed by atoms with Gasteiger partial charge in [0.25, 0.3) is 23.6 Å². The Morgan fingerprint density at radius 3 is 1.62 bits per heavy atom. The lowest BCUT2D eigenvalue weighted by atomic mass is 10.0. The number of hydrogen-bond donors (Lipinski definition) is 0. The van der Waals surface area contributed by atoms with Gasteiger partial charge in [-0.3, -0.25) is 19.2 Å².